The number of carbonyl (C=O) groups excluding carboxylic acids is 1. The molecule has 0 bridgehead atoms. The number of hydrogen-bond acceptors (Lipinski definition) is 4. The highest BCUT2D eigenvalue weighted by Gasteiger charge is 2.21. The molecule has 1 N–H and O–H groups in total. The van der Waals surface area contributed by atoms with Crippen LogP contribution in [0.2, 0.25) is 0 Å². The predicted octanol–water partition coefficient (Wildman–Crippen LogP) is 3.05. The van der Waals surface area contributed by atoms with Crippen molar-refractivity contribution in [3.05, 3.63) is 52.9 Å². The third kappa shape index (κ3) is 5.18. The van der Waals surface area contributed by atoms with Gasteiger partial charge in [-0.1, -0.05) is 35.5 Å². The molecule has 2 aromatic rings. The Hall–Kier alpha value is -2.14. The number of aromatic nitrogens is 1. The molecule has 1 fully saturated rings. The molecule has 1 aromatic carbocycles. The van der Waals surface area contributed by atoms with Gasteiger partial charge in [-0.25, -0.2) is 0 Å². The van der Waals surface area contributed by atoms with E-state index >= 15 is 0 Å². The van der Waals surface area contributed by atoms with Crippen LogP contribution in [0.3, 0.4) is 0 Å². The first-order valence-electron chi connectivity index (χ1n) is 9.59. The number of likely N-dealkylation sites (tertiary alicyclic amines) is 1. The van der Waals surface area contributed by atoms with E-state index in [2.05, 4.69) is 45.7 Å². The summed E-state index contributed by atoms with van der Waals surface area (Å²) < 4.78 is 5.17. The predicted molar refractivity (Wildman–Crippen MR) is 102 cm³/mol. The normalized spacial score (nSPS) is 18.0. The van der Waals surface area contributed by atoms with Gasteiger partial charge in [-0.05, 0) is 51.6 Å². The van der Waals surface area contributed by atoms with Gasteiger partial charge in [0.15, 0.2) is 0 Å². The van der Waals surface area contributed by atoms with E-state index < -0.39 is 0 Å². The summed E-state index contributed by atoms with van der Waals surface area (Å²) in [7, 11) is 0. The van der Waals surface area contributed by atoms with Gasteiger partial charge in [-0.15, -0.1) is 0 Å². The first-order chi connectivity index (χ1) is 12.6. The Labute approximate surface area is 155 Å². The van der Waals surface area contributed by atoms with Crippen LogP contribution in [0.1, 0.15) is 41.8 Å². The summed E-state index contributed by atoms with van der Waals surface area (Å²) >= 11 is 0. The van der Waals surface area contributed by atoms with Gasteiger partial charge in [0.2, 0.25) is 5.91 Å². The standard InChI is InChI=1S/C21H29N3O2/c1-16-20(17(2)26-23-16)10-11-21(25)22-19-9-6-13-24(15-19)14-12-18-7-4-3-5-8-18/h3-5,7-8,19H,6,9-15H2,1-2H3,(H,22,25). The lowest BCUT2D eigenvalue weighted by molar-refractivity contribution is -0.122. The zero-order valence-corrected chi connectivity index (χ0v) is 15.8. The summed E-state index contributed by atoms with van der Waals surface area (Å²) in [6.45, 7) is 6.95. The first-order valence-corrected chi connectivity index (χ1v) is 9.59. The van der Waals surface area contributed by atoms with Crippen molar-refractivity contribution in [3.8, 4) is 0 Å². The Kier molecular flexibility index (Phi) is 6.45. The van der Waals surface area contributed by atoms with Gasteiger partial charge in [-0.3, -0.25) is 4.79 Å². The third-order valence-corrected chi connectivity index (χ3v) is 5.21. The van der Waals surface area contributed by atoms with E-state index in [-0.39, 0.29) is 11.9 Å². The van der Waals surface area contributed by atoms with Crippen LogP contribution in [0.25, 0.3) is 0 Å². The lowest BCUT2D eigenvalue weighted by atomic mass is 10.0. The van der Waals surface area contributed by atoms with E-state index in [1.165, 1.54) is 5.56 Å². The quantitative estimate of drug-likeness (QED) is 0.829. The van der Waals surface area contributed by atoms with Crippen molar-refractivity contribution in [2.24, 2.45) is 0 Å². The number of benzene rings is 1. The van der Waals surface area contributed by atoms with E-state index in [0.717, 1.165) is 55.9 Å². The molecule has 1 atom stereocenters. The molecule has 1 saturated heterocycles. The van der Waals surface area contributed by atoms with Gasteiger partial charge < -0.3 is 14.7 Å². The Morgan fingerprint density at radius 1 is 1.27 bits per heavy atom. The zero-order chi connectivity index (χ0) is 18.4. The molecular formula is C21H29N3O2. The van der Waals surface area contributed by atoms with Gasteiger partial charge in [0, 0.05) is 31.1 Å². The summed E-state index contributed by atoms with van der Waals surface area (Å²) in [4.78, 5) is 14.8. The summed E-state index contributed by atoms with van der Waals surface area (Å²) in [5.41, 5.74) is 3.33. The van der Waals surface area contributed by atoms with Crippen molar-refractivity contribution in [1.29, 1.82) is 0 Å². The van der Waals surface area contributed by atoms with Crippen LogP contribution < -0.4 is 5.32 Å². The highest BCUT2D eigenvalue weighted by molar-refractivity contribution is 5.76. The number of carbonyl (C=O) groups is 1. The fraction of sp³-hybridized carbons (Fsp3) is 0.524. The van der Waals surface area contributed by atoms with E-state index in [0.29, 0.717) is 12.8 Å². The number of amides is 1. The molecule has 2 heterocycles. The Morgan fingerprint density at radius 2 is 2.08 bits per heavy atom. The number of piperidine rings is 1. The largest absolute Gasteiger partial charge is 0.361 e. The second-order valence-corrected chi connectivity index (χ2v) is 7.25. The highest BCUT2D eigenvalue weighted by Crippen LogP contribution is 2.15. The minimum absolute atomic E-state index is 0.125. The van der Waals surface area contributed by atoms with Gasteiger partial charge >= 0.3 is 0 Å². The third-order valence-electron chi connectivity index (χ3n) is 5.21. The summed E-state index contributed by atoms with van der Waals surface area (Å²) in [5, 5.41) is 7.17. The Morgan fingerprint density at radius 3 is 2.81 bits per heavy atom. The van der Waals surface area contributed by atoms with Crippen molar-refractivity contribution in [2.45, 2.75) is 52.0 Å². The fourth-order valence-electron chi connectivity index (χ4n) is 3.71. The molecule has 0 saturated carbocycles. The molecule has 0 radical (unpaired) electrons. The van der Waals surface area contributed by atoms with Crippen LogP contribution in [-0.2, 0) is 17.6 Å². The van der Waals surface area contributed by atoms with Crippen LogP contribution in [0.15, 0.2) is 34.9 Å². The molecule has 1 aromatic heterocycles. The maximum Gasteiger partial charge on any atom is 0.220 e. The van der Waals surface area contributed by atoms with Crippen LogP contribution in [0.5, 0.6) is 0 Å². The second-order valence-electron chi connectivity index (χ2n) is 7.25. The minimum atomic E-state index is 0.125. The number of aryl methyl sites for hydroxylation is 2. The monoisotopic (exact) mass is 355 g/mol. The molecule has 0 spiro atoms. The molecule has 0 aliphatic carbocycles. The molecular weight excluding hydrogens is 326 g/mol. The van der Waals surface area contributed by atoms with Crippen LogP contribution in [0.4, 0.5) is 0 Å². The SMILES string of the molecule is Cc1noc(C)c1CCC(=O)NC1CCCN(CCc2ccccc2)C1. The van der Waals surface area contributed by atoms with Crippen LogP contribution in [-0.4, -0.2) is 41.6 Å². The lowest BCUT2D eigenvalue weighted by Gasteiger charge is -2.33. The van der Waals surface area contributed by atoms with Crippen molar-refractivity contribution in [3.63, 3.8) is 0 Å². The van der Waals surface area contributed by atoms with Gasteiger partial charge in [-0.2, -0.15) is 0 Å². The molecule has 1 aliphatic heterocycles. The summed E-state index contributed by atoms with van der Waals surface area (Å²) in [6, 6.07) is 10.9. The van der Waals surface area contributed by atoms with Crippen LogP contribution >= 0.6 is 0 Å². The van der Waals surface area contributed by atoms with Crippen molar-refractivity contribution >= 4 is 5.91 Å². The lowest BCUT2D eigenvalue weighted by Crippen LogP contribution is -2.48. The molecule has 5 nitrogen and oxygen atoms in total. The van der Waals surface area contributed by atoms with E-state index in [1.807, 2.05) is 13.8 Å². The smallest absolute Gasteiger partial charge is 0.220 e. The zero-order valence-electron chi connectivity index (χ0n) is 15.8. The first kappa shape index (κ1) is 18.6. The van der Waals surface area contributed by atoms with E-state index in [9.17, 15) is 4.79 Å². The Balaban J connectivity index is 1.42. The second kappa shape index (κ2) is 8.99. The maximum atomic E-state index is 12.3. The minimum Gasteiger partial charge on any atom is -0.361 e. The van der Waals surface area contributed by atoms with Crippen molar-refractivity contribution < 1.29 is 9.32 Å². The van der Waals surface area contributed by atoms with Crippen molar-refractivity contribution in [2.75, 3.05) is 19.6 Å². The topological polar surface area (TPSA) is 58.4 Å². The van der Waals surface area contributed by atoms with E-state index in [4.69, 9.17) is 4.52 Å². The number of nitrogens with zero attached hydrogens (tertiary/aromatic N) is 2. The van der Waals surface area contributed by atoms with Gasteiger partial charge in [0.1, 0.15) is 5.76 Å². The summed E-state index contributed by atoms with van der Waals surface area (Å²) in [5.74, 6) is 0.944. The molecule has 1 amide bonds. The highest BCUT2D eigenvalue weighted by atomic mass is 16.5. The van der Waals surface area contributed by atoms with Gasteiger partial charge in [0.25, 0.3) is 0 Å². The molecule has 1 aliphatic rings. The maximum absolute atomic E-state index is 12.3. The average Bonchev–Trinajstić information content (AvgIpc) is 2.97. The molecule has 3 rings (SSSR count). The molecule has 1 unspecified atom stereocenters. The molecule has 140 valence electrons. The Bertz CT molecular complexity index is 692. The fourth-order valence-corrected chi connectivity index (χ4v) is 3.71. The average molecular weight is 355 g/mol. The number of nitrogens with one attached hydrogen (secondary N) is 1. The van der Waals surface area contributed by atoms with E-state index in [1.54, 1.807) is 0 Å². The molecule has 5 heteroatoms. The summed E-state index contributed by atoms with van der Waals surface area (Å²) in [6.07, 6.45) is 4.46. The number of hydrogen-bond donors (Lipinski definition) is 1. The number of rotatable bonds is 7. The van der Waals surface area contributed by atoms with Crippen LogP contribution in [0, 0.1) is 13.8 Å². The van der Waals surface area contributed by atoms with Crippen molar-refractivity contribution in [1.82, 2.24) is 15.4 Å². The molecule has 26 heavy (non-hydrogen) atoms. The van der Waals surface area contributed by atoms with Gasteiger partial charge in [0.05, 0.1) is 5.69 Å².